The molecule has 4 rings (SSSR count). The number of nitrogens with zero attached hydrogens (tertiary/aromatic N) is 3. The zero-order valence-corrected chi connectivity index (χ0v) is 30.1. The number of anilines is 2. The molecule has 0 bridgehead atoms. The number of carbonyl (C=O) groups excluding carboxylic acids is 2. The van der Waals surface area contributed by atoms with Gasteiger partial charge >= 0.3 is 6.03 Å². The van der Waals surface area contributed by atoms with Gasteiger partial charge in [-0.3, -0.25) is 14.5 Å². The molecule has 10 heteroatoms. The monoisotopic (exact) mass is 668 g/mol. The number of ether oxygens (including phenoxy) is 1. The SMILES string of the molecule is CCN(CC)CCCOc1cccc(-c2cc(C(C)C)c(NC(=O)N(CCCNC(C)=O)c3cc4cccnc4[nH]c3=O)c(C(C)C)c2)c1. The smallest absolute Gasteiger partial charge is 0.326 e. The van der Waals surface area contributed by atoms with Crippen LogP contribution in [0.15, 0.2) is 65.6 Å². The largest absolute Gasteiger partial charge is 0.494 e. The summed E-state index contributed by atoms with van der Waals surface area (Å²) >= 11 is 0. The maximum Gasteiger partial charge on any atom is 0.326 e. The molecule has 0 aliphatic heterocycles. The molecule has 10 nitrogen and oxygen atoms in total. The zero-order valence-electron chi connectivity index (χ0n) is 30.1. The van der Waals surface area contributed by atoms with Crippen LogP contribution < -0.4 is 25.8 Å². The van der Waals surface area contributed by atoms with Crippen LogP contribution in [0.4, 0.5) is 16.2 Å². The van der Waals surface area contributed by atoms with Crippen molar-refractivity contribution in [2.45, 2.75) is 73.1 Å². The molecule has 49 heavy (non-hydrogen) atoms. The van der Waals surface area contributed by atoms with E-state index in [0.717, 1.165) is 59.7 Å². The number of carbonyl (C=O) groups is 2. The number of amides is 3. The predicted octanol–water partition coefficient (Wildman–Crippen LogP) is 7.51. The van der Waals surface area contributed by atoms with Gasteiger partial charge in [0.2, 0.25) is 5.91 Å². The number of nitrogens with one attached hydrogen (secondary N) is 3. The fourth-order valence-electron chi connectivity index (χ4n) is 5.92. The number of aromatic nitrogens is 2. The minimum atomic E-state index is -0.423. The van der Waals surface area contributed by atoms with Crippen LogP contribution in [0, 0.1) is 0 Å². The topological polar surface area (TPSA) is 120 Å². The van der Waals surface area contributed by atoms with Gasteiger partial charge in [-0.25, -0.2) is 9.78 Å². The Morgan fingerprint density at radius 2 is 1.61 bits per heavy atom. The standard InChI is InChI=1S/C39H52N6O4/c1-8-44(9-2)19-13-21-49-32-16-10-14-29(22-32)31-23-33(26(3)4)36(34(24-31)27(5)6)42-39(48)45(20-12-18-40-28(7)46)35-25-30-15-11-17-41-37(30)43-38(35)47/h10-11,14-17,22-27H,8-9,12-13,18-21H2,1-7H3,(H,40,46)(H,42,48)(H,41,43,47). The summed E-state index contributed by atoms with van der Waals surface area (Å²) in [5.41, 5.74) is 5.06. The van der Waals surface area contributed by atoms with Gasteiger partial charge in [0.1, 0.15) is 17.1 Å². The molecule has 0 aliphatic carbocycles. The van der Waals surface area contributed by atoms with Crippen LogP contribution in [0.5, 0.6) is 5.75 Å². The number of rotatable bonds is 16. The molecule has 262 valence electrons. The Kier molecular flexibility index (Phi) is 13.4. The van der Waals surface area contributed by atoms with Crippen LogP contribution in [-0.4, -0.2) is 66.1 Å². The maximum atomic E-state index is 14.2. The van der Waals surface area contributed by atoms with Crippen LogP contribution >= 0.6 is 0 Å². The molecule has 0 aliphatic rings. The molecule has 2 aromatic carbocycles. The Labute approximate surface area is 290 Å². The van der Waals surface area contributed by atoms with Crippen molar-refractivity contribution in [2.75, 3.05) is 49.5 Å². The first-order valence-corrected chi connectivity index (χ1v) is 17.5. The fraction of sp³-hybridized carbons (Fsp3) is 0.436. The number of hydrogen-bond acceptors (Lipinski definition) is 6. The number of H-pyrrole nitrogens is 1. The van der Waals surface area contributed by atoms with Crippen LogP contribution in [0.3, 0.4) is 0 Å². The van der Waals surface area contributed by atoms with E-state index in [9.17, 15) is 14.4 Å². The Morgan fingerprint density at radius 1 is 0.898 bits per heavy atom. The molecule has 3 N–H and O–H groups in total. The Bertz CT molecular complexity index is 1750. The molecule has 2 aromatic heterocycles. The molecule has 3 amide bonds. The van der Waals surface area contributed by atoms with Crippen LogP contribution in [0.2, 0.25) is 0 Å². The van der Waals surface area contributed by atoms with Crippen LogP contribution in [0.1, 0.15) is 84.3 Å². The minimum absolute atomic E-state index is 0.0932. The first kappa shape index (κ1) is 37.1. The summed E-state index contributed by atoms with van der Waals surface area (Å²) in [6.45, 7) is 18.6. The van der Waals surface area contributed by atoms with Crippen molar-refractivity contribution in [3.8, 4) is 16.9 Å². The molecule has 0 unspecified atom stereocenters. The summed E-state index contributed by atoms with van der Waals surface area (Å²) in [5.74, 6) is 0.866. The van der Waals surface area contributed by atoms with E-state index in [1.54, 1.807) is 18.3 Å². The van der Waals surface area contributed by atoms with Gasteiger partial charge in [-0.15, -0.1) is 0 Å². The molecule has 0 atom stereocenters. The number of pyridine rings is 2. The molecular formula is C39H52N6O4. The highest BCUT2D eigenvalue weighted by atomic mass is 16.5. The molecule has 0 fully saturated rings. The van der Waals surface area contributed by atoms with Gasteiger partial charge in [-0.2, -0.15) is 0 Å². The average Bonchev–Trinajstić information content (AvgIpc) is 3.08. The van der Waals surface area contributed by atoms with Crippen molar-refractivity contribution in [1.82, 2.24) is 20.2 Å². The lowest BCUT2D eigenvalue weighted by Crippen LogP contribution is -2.40. The van der Waals surface area contributed by atoms with Gasteiger partial charge < -0.3 is 25.3 Å². The van der Waals surface area contributed by atoms with Crippen molar-refractivity contribution in [2.24, 2.45) is 0 Å². The predicted molar refractivity (Wildman–Crippen MR) is 200 cm³/mol. The van der Waals surface area contributed by atoms with Gasteiger partial charge in [0.05, 0.1) is 6.61 Å². The quantitative estimate of drug-likeness (QED) is 0.106. The summed E-state index contributed by atoms with van der Waals surface area (Å²) in [4.78, 5) is 49.9. The molecule has 0 spiro atoms. The number of fused-ring (bicyclic) bond motifs is 1. The highest BCUT2D eigenvalue weighted by molar-refractivity contribution is 6.03. The van der Waals surface area contributed by atoms with E-state index in [-0.39, 0.29) is 30.0 Å². The normalized spacial score (nSPS) is 11.4. The van der Waals surface area contributed by atoms with E-state index in [1.165, 1.54) is 11.8 Å². The number of aromatic amines is 1. The number of hydrogen-bond donors (Lipinski definition) is 3. The minimum Gasteiger partial charge on any atom is -0.494 e. The Hall–Kier alpha value is -4.70. The summed E-state index contributed by atoms with van der Waals surface area (Å²) in [7, 11) is 0. The van der Waals surface area contributed by atoms with Gasteiger partial charge in [0.25, 0.3) is 5.56 Å². The third-order valence-corrected chi connectivity index (χ3v) is 8.69. The second-order valence-electron chi connectivity index (χ2n) is 12.9. The summed E-state index contributed by atoms with van der Waals surface area (Å²) < 4.78 is 6.15. The van der Waals surface area contributed by atoms with Gasteiger partial charge in [0, 0.05) is 43.8 Å². The number of benzene rings is 2. The lowest BCUT2D eigenvalue weighted by molar-refractivity contribution is -0.118. The summed E-state index contributed by atoms with van der Waals surface area (Å²) in [5, 5.41) is 6.70. The van der Waals surface area contributed by atoms with Gasteiger partial charge in [-0.05, 0) is 102 Å². The highest BCUT2D eigenvalue weighted by Gasteiger charge is 2.24. The van der Waals surface area contributed by atoms with E-state index >= 15 is 0 Å². The molecule has 0 radical (unpaired) electrons. The van der Waals surface area contributed by atoms with E-state index < -0.39 is 11.6 Å². The van der Waals surface area contributed by atoms with Crippen molar-refractivity contribution in [1.29, 1.82) is 0 Å². The van der Waals surface area contributed by atoms with E-state index in [2.05, 4.69) is 91.3 Å². The lowest BCUT2D eigenvalue weighted by Gasteiger charge is -2.27. The van der Waals surface area contributed by atoms with E-state index in [1.807, 2.05) is 18.2 Å². The maximum absolute atomic E-state index is 14.2. The summed E-state index contributed by atoms with van der Waals surface area (Å²) in [6.07, 6.45) is 3.03. The van der Waals surface area contributed by atoms with E-state index in [0.29, 0.717) is 30.6 Å². The number of urea groups is 1. The van der Waals surface area contributed by atoms with Gasteiger partial charge in [-0.1, -0.05) is 53.7 Å². The van der Waals surface area contributed by atoms with Crippen molar-refractivity contribution < 1.29 is 14.3 Å². The molecule has 0 saturated carbocycles. The average molecular weight is 669 g/mol. The second kappa shape index (κ2) is 17.6. The third-order valence-electron chi connectivity index (χ3n) is 8.69. The van der Waals surface area contributed by atoms with Crippen molar-refractivity contribution >= 4 is 34.3 Å². The van der Waals surface area contributed by atoms with Crippen molar-refractivity contribution in [3.05, 3.63) is 82.3 Å². The molecule has 4 aromatic rings. The van der Waals surface area contributed by atoms with Crippen molar-refractivity contribution in [3.63, 3.8) is 0 Å². The Morgan fingerprint density at radius 3 is 2.27 bits per heavy atom. The molecular weight excluding hydrogens is 616 g/mol. The first-order chi connectivity index (χ1) is 23.5. The van der Waals surface area contributed by atoms with Crippen LogP contribution in [-0.2, 0) is 4.79 Å². The lowest BCUT2D eigenvalue weighted by atomic mass is 9.88. The highest BCUT2D eigenvalue weighted by Crippen LogP contribution is 2.38. The summed E-state index contributed by atoms with van der Waals surface area (Å²) in [6, 6.07) is 17.3. The second-order valence-corrected chi connectivity index (χ2v) is 12.9. The molecule has 2 heterocycles. The zero-order chi connectivity index (χ0) is 35.5. The van der Waals surface area contributed by atoms with Gasteiger partial charge in [0.15, 0.2) is 0 Å². The van der Waals surface area contributed by atoms with E-state index in [4.69, 9.17) is 4.74 Å². The fourth-order valence-corrected chi connectivity index (χ4v) is 5.92. The van der Waals surface area contributed by atoms with Crippen LogP contribution in [0.25, 0.3) is 22.2 Å². The third kappa shape index (κ3) is 9.92. The first-order valence-electron chi connectivity index (χ1n) is 17.5. The Balaban J connectivity index is 1.66. The molecule has 0 saturated heterocycles.